The molecule has 3 rings (SSSR count). The Labute approximate surface area is 126 Å². The summed E-state index contributed by atoms with van der Waals surface area (Å²) in [5.41, 5.74) is 1.97. The highest BCUT2D eigenvalue weighted by Crippen LogP contribution is 2.39. The van der Waals surface area contributed by atoms with Crippen molar-refractivity contribution in [1.82, 2.24) is 10.2 Å². The molecule has 20 heavy (non-hydrogen) atoms. The smallest absolute Gasteiger partial charge is 0.255 e. The van der Waals surface area contributed by atoms with E-state index in [0.29, 0.717) is 23.6 Å². The molecule has 1 aliphatic heterocycles. The summed E-state index contributed by atoms with van der Waals surface area (Å²) < 4.78 is 0.837. The molecular formula is C15H17BrN2O2. The zero-order valence-electron chi connectivity index (χ0n) is 11.6. The van der Waals surface area contributed by atoms with Gasteiger partial charge in [-0.3, -0.25) is 9.59 Å². The molecule has 0 spiro atoms. The van der Waals surface area contributed by atoms with E-state index in [1.807, 2.05) is 11.0 Å². The van der Waals surface area contributed by atoms with Crippen molar-refractivity contribution in [3.8, 4) is 0 Å². The molecular weight excluding hydrogens is 320 g/mol. The van der Waals surface area contributed by atoms with E-state index in [1.54, 1.807) is 13.1 Å². The lowest BCUT2D eigenvalue weighted by molar-refractivity contribution is 0.0694. The van der Waals surface area contributed by atoms with Crippen LogP contribution in [0.3, 0.4) is 0 Å². The number of benzene rings is 1. The molecule has 1 atom stereocenters. The van der Waals surface area contributed by atoms with Gasteiger partial charge in [-0.2, -0.15) is 0 Å². The summed E-state index contributed by atoms with van der Waals surface area (Å²) in [6.45, 7) is 2.71. The predicted octanol–water partition coefficient (Wildman–Crippen LogP) is 2.56. The summed E-state index contributed by atoms with van der Waals surface area (Å²) in [6.07, 6.45) is 2.40. The van der Waals surface area contributed by atoms with Crippen LogP contribution in [0.4, 0.5) is 0 Å². The van der Waals surface area contributed by atoms with Crippen molar-refractivity contribution in [1.29, 1.82) is 0 Å². The largest absolute Gasteiger partial charge is 0.355 e. The van der Waals surface area contributed by atoms with Crippen LogP contribution in [0, 0.1) is 5.92 Å². The molecule has 1 heterocycles. The van der Waals surface area contributed by atoms with E-state index in [-0.39, 0.29) is 17.9 Å². The van der Waals surface area contributed by atoms with Crippen molar-refractivity contribution in [3.63, 3.8) is 0 Å². The van der Waals surface area contributed by atoms with Crippen molar-refractivity contribution in [3.05, 3.63) is 33.3 Å². The molecule has 2 aliphatic rings. The molecule has 0 radical (unpaired) electrons. The zero-order chi connectivity index (χ0) is 14.4. The summed E-state index contributed by atoms with van der Waals surface area (Å²) in [4.78, 5) is 26.5. The minimum atomic E-state index is -0.211. The van der Waals surface area contributed by atoms with Crippen molar-refractivity contribution in [2.75, 3.05) is 7.05 Å². The van der Waals surface area contributed by atoms with E-state index >= 15 is 0 Å². The van der Waals surface area contributed by atoms with E-state index in [0.717, 1.165) is 10.0 Å². The lowest BCUT2D eigenvalue weighted by atomic mass is 10.0. The summed E-state index contributed by atoms with van der Waals surface area (Å²) >= 11 is 3.42. The Bertz CT molecular complexity index is 596. The number of hydrogen-bond acceptors (Lipinski definition) is 2. The minimum Gasteiger partial charge on any atom is -0.355 e. The Morgan fingerprint density at radius 1 is 1.45 bits per heavy atom. The van der Waals surface area contributed by atoms with Crippen molar-refractivity contribution in [2.45, 2.75) is 32.4 Å². The number of carbonyl (C=O) groups excluding carboxylic acids is 2. The molecule has 1 aliphatic carbocycles. The van der Waals surface area contributed by atoms with Crippen LogP contribution in [-0.4, -0.2) is 29.8 Å². The van der Waals surface area contributed by atoms with Crippen LogP contribution in [0.1, 0.15) is 46.0 Å². The number of halogens is 1. The lowest BCUT2D eigenvalue weighted by Crippen LogP contribution is -2.35. The first-order valence-corrected chi connectivity index (χ1v) is 7.67. The van der Waals surface area contributed by atoms with Gasteiger partial charge in [0.2, 0.25) is 0 Å². The second kappa shape index (κ2) is 4.88. The Balaban J connectivity index is 2.01. The van der Waals surface area contributed by atoms with Gasteiger partial charge in [-0.05, 0) is 43.4 Å². The second-order valence-electron chi connectivity index (χ2n) is 5.58. The molecule has 1 aromatic rings. The van der Waals surface area contributed by atoms with Crippen LogP contribution >= 0.6 is 15.9 Å². The van der Waals surface area contributed by atoms with Crippen LogP contribution in [0.25, 0.3) is 0 Å². The first kappa shape index (κ1) is 13.6. The summed E-state index contributed by atoms with van der Waals surface area (Å²) in [7, 11) is 1.58. The Hall–Kier alpha value is -1.36. The maximum absolute atomic E-state index is 12.7. The topological polar surface area (TPSA) is 49.4 Å². The Kier molecular flexibility index (Phi) is 3.32. The lowest BCUT2D eigenvalue weighted by Gasteiger charge is -2.24. The Morgan fingerprint density at radius 2 is 2.15 bits per heavy atom. The summed E-state index contributed by atoms with van der Waals surface area (Å²) in [5, 5.41) is 2.61. The van der Waals surface area contributed by atoms with E-state index in [9.17, 15) is 9.59 Å². The van der Waals surface area contributed by atoms with Gasteiger partial charge >= 0.3 is 0 Å². The number of rotatable bonds is 3. The normalized spacial score (nSPS) is 18.9. The molecule has 1 fully saturated rings. The van der Waals surface area contributed by atoms with Gasteiger partial charge in [-0.15, -0.1) is 0 Å². The quantitative estimate of drug-likeness (QED) is 0.922. The number of amides is 2. The van der Waals surface area contributed by atoms with Crippen LogP contribution in [0.5, 0.6) is 0 Å². The SMILES string of the molecule is CNC(=O)c1cc(Br)cc2c1C(=O)N(C(C)C1CC1)C2. The average molecular weight is 337 g/mol. The molecule has 1 unspecified atom stereocenters. The zero-order valence-corrected chi connectivity index (χ0v) is 13.2. The monoisotopic (exact) mass is 336 g/mol. The minimum absolute atomic E-state index is 0.00880. The van der Waals surface area contributed by atoms with Crippen molar-refractivity contribution in [2.24, 2.45) is 5.92 Å². The summed E-state index contributed by atoms with van der Waals surface area (Å²) in [5.74, 6) is 0.405. The van der Waals surface area contributed by atoms with Crippen molar-refractivity contribution < 1.29 is 9.59 Å². The Morgan fingerprint density at radius 3 is 2.75 bits per heavy atom. The molecule has 0 aromatic heterocycles. The predicted molar refractivity (Wildman–Crippen MR) is 79.6 cm³/mol. The van der Waals surface area contributed by atoms with Gasteiger partial charge in [-0.1, -0.05) is 15.9 Å². The third-order valence-electron chi connectivity index (χ3n) is 4.27. The number of fused-ring (bicyclic) bond motifs is 1. The number of hydrogen-bond donors (Lipinski definition) is 1. The van der Waals surface area contributed by atoms with Crippen LogP contribution < -0.4 is 5.32 Å². The third-order valence-corrected chi connectivity index (χ3v) is 4.73. The van der Waals surface area contributed by atoms with Crippen LogP contribution in [0.2, 0.25) is 0 Å². The molecule has 2 amide bonds. The number of nitrogens with one attached hydrogen (secondary N) is 1. The van der Waals surface area contributed by atoms with Gasteiger partial charge in [0.15, 0.2) is 0 Å². The molecule has 5 heteroatoms. The van der Waals surface area contributed by atoms with Gasteiger partial charge in [0.25, 0.3) is 11.8 Å². The molecule has 1 aromatic carbocycles. The fourth-order valence-corrected chi connectivity index (χ4v) is 3.42. The van der Waals surface area contributed by atoms with E-state index in [2.05, 4.69) is 28.2 Å². The molecule has 0 bridgehead atoms. The average Bonchev–Trinajstić information content (AvgIpc) is 3.21. The van der Waals surface area contributed by atoms with Crippen LogP contribution in [0.15, 0.2) is 16.6 Å². The first-order valence-electron chi connectivity index (χ1n) is 6.88. The van der Waals surface area contributed by atoms with Gasteiger partial charge in [0.05, 0.1) is 11.1 Å². The highest BCUT2D eigenvalue weighted by Gasteiger charge is 2.40. The van der Waals surface area contributed by atoms with E-state index in [1.165, 1.54) is 12.8 Å². The summed E-state index contributed by atoms with van der Waals surface area (Å²) in [6, 6.07) is 3.92. The van der Waals surface area contributed by atoms with Crippen molar-refractivity contribution >= 4 is 27.7 Å². The van der Waals surface area contributed by atoms with E-state index in [4.69, 9.17) is 0 Å². The second-order valence-corrected chi connectivity index (χ2v) is 6.49. The maximum atomic E-state index is 12.7. The third kappa shape index (κ3) is 2.14. The maximum Gasteiger partial charge on any atom is 0.255 e. The highest BCUT2D eigenvalue weighted by molar-refractivity contribution is 9.10. The fraction of sp³-hybridized carbons (Fsp3) is 0.467. The number of carbonyl (C=O) groups is 2. The number of nitrogens with zero attached hydrogens (tertiary/aromatic N) is 1. The standard InChI is InChI=1S/C15H17BrN2O2/c1-8(9-3-4-9)18-7-10-5-11(16)6-12(14(19)17-2)13(10)15(18)20/h5-6,8-9H,3-4,7H2,1-2H3,(H,17,19). The molecule has 1 saturated carbocycles. The van der Waals surface area contributed by atoms with Gasteiger partial charge in [-0.25, -0.2) is 0 Å². The molecule has 1 N–H and O–H groups in total. The van der Waals surface area contributed by atoms with Gasteiger partial charge < -0.3 is 10.2 Å². The van der Waals surface area contributed by atoms with Gasteiger partial charge in [0, 0.05) is 24.1 Å². The van der Waals surface area contributed by atoms with Gasteiger partial charge in [0.1, 0.15) is 0 Å². The molecule has 106 valence electrons. The first-order chi connectivity index (χ1) is 9.52. The highest BCUT2D eigenvalue weighted by atomic mass is 79.9. The van der Waals surface area contributed by atoms with E-state index < -0.39 is 0 Å². The molecule has 4 nitrogen and oxygen atoms in total. The fourth-order valence-electron chi connectivity index (χ4n) is 2.92. The molecule has 0 saturated heterocycles. The van der Waals surface area contributed by atoms with Crippen LogP contribution in [-0.2, 0) is 6.54 Å².